The molecule has 0 bridgehead atoms. The Hall–Kier alpha value is -0.980. The van der Waals surface area contributed by atoms with E-state index in [9.17, 15) is 0 Å². The highest BCUT2D eigenvalue weighted by atomic mass is 35.5. The normalized spacial score (nSPS) is 11.8. The molecule has 0 radical (unpaired) electrons. The fraction of sp³-hybridized carbons (Fsp3) is 0.250. The number of nitrogens with one attached hydrogen (secondary N) is 1. The number of nitrogens with zero attached hydrogens (tertiary/aromatic N) is 2. The second-order valence-electron chi connectivity index (χ2n) is 2.40. The Morgan fingerprint density at radius 3 is 2.85 bits per heavy atom. The van der Waals surface area contributed by atoms with Crippen molar-refractivity contribution < 1.29 is 0 Å². The summed E-state index contributed by atoms with van der Waals surface area (Å²) in [7, 11) is 0. The lowest BCUT2D eigenvalue weighted by atomic mass is 10.3. The van der Waals surface area contributed by atoms with Gasteiger partial charge in [-0.15, -0.1) is 16.6 Å². The third kappa shape index (κ3) is 2.76. The first-order valence-electron chi connectivity index (χ1n) is 3.55. The van der Waals surface area contributed by atoms with E-state index < -0.39 is 0 Å². The zero-order chi connectivity index (χ0) is 9.84. The molecule has 0 aromatic carbocycles. The largest absolute Gasteiger partial charge is 0.369 e. The van der Waals surface area contributed by atoms with Crippen LogP contribution in [0.2, 0.25) is 10.3 Å². The van der Waals surface area contributed by atoms with Crippen LogP contribution in [0.1, 0.15) is 6.92 Å². The van der Waals surface area contributed by atoms with Crippen LogP contribution < -0.4 is 5.32 Å². The van der Waals surface area contributed by atoms with Crippen LogP contribution in [0.4, 0.5) is 5.69 Å². The average molecular weight is 216 g/mol. The molecule has 5 heteroatoms. The van der Waals surface area contributed by atoms with E-state index in [1.807, 2.05) is 6.92 Å². The number of rotatable bonds is 2. The van der Waals surface area contributed by atoms with Crippen LogP contribution in [0.5, 0.6) is 0 Å². The van der Waals surface area contributed by atoms with Gasteiger partial charge in [-0.1, -0.05) is 29.1 Å². The van der Waals surface area contributed by atoms with E-state index in [2.05, 4.69) is 21.4 Å². The van der Waals surface area contributed by atoms with Crippen LogP contribution in [0, 0.1) is 12.3 Å². The molecule has 13 heavy (non-hydrogen) atoms. The van der Waals surface area contributed by atoms with Crippen molar-refractivity contribution in [2.75, 3.05) is 5.32 Å². The lowest BCUT2D eigenvalue weighted by molar-refractivity contribution is 0.993. The van der Waals surface area contributed by atoms with Crippen LogP contribution in [0.25, 0.3) is 0 Å². The number of hydrogen-bond acceptors (Lipinski definition) is 3. The van der Waals surface area contributed by atoms with E-state index in [1.54, 1.807) is 6.07 Å². The first kappa shape index (κ1) is 10.1. The molecule has 1 atom stereocenters. The summed E-state index contributed by atoms with van der Waals surface area (Å²) in [5.41, 5.74) is 0.590. The predicted octanol–water partition coefficient (Wildman–Crippen LogP) is 2.22. The van der Waals surface area contributed by atoms with Gasteiger partial charge in [0.05, 0.1) is 11.7 Å². The molecule has 1 aromatic rings. The van der Waals surface area contributed by atoms with Gasteiger partial charge in [0.1, 0.15) is 0 Å². The molecule has 1 aromatic heterocycles. The summed E-state index contributed by atoms with van der Waals surface area (Å²) in [6.07, 6.45) is 5.18. The molecule has 1 heterocycles. The SMILES string of the molecule is C#CC(C)Nc1cc(Cl)nnc1Cl. The first-order chi connectivity index (χ1) is 6.13. The average Bonchev–Trinajstić information content (AvgIpc) is 2.11. The Labute approximate surface area is 86.5 Å². The first-order valence-corrected chi connectivity index (χ1v) is 4.30. The van der Waals surface area contributed by atoms with Gasteiger partial charge in [-0.25, -0.2) is 0 Å². The highest BCUT2D eigenvalue weighted by Gasteiger charge is 2.05. The van der Waals surface area contributed by atoms with Crippen LogP contribution in [-0.4, -0.2) is 16.2 Å². The number of anilines is 1. The fourth-order valence-electron chi connectivity index (χ4n) is 0.729. The van der Waals surface area contributed by atoms with Crippen LogP contribution >= 0.6 is 23.2 Å². The van der Waals surface area contributed by atoms with E-state index in [4.69, 9.17) is 29.6 Å². The van der Waals surface area contributed by atoms with Gasteiger partial charge in [0.15, 0.2) is 10.3 Å². The molecule has 1 unspecified atom stereocenters. The zero-order valence-corrected chi connectivity index (χ0v) is 8.39. The topological polar surface area (TPSA) is 37.8 Å². The maximum atomic E-state index is 5.73. The van der Waals surface area contributed by atoms with Gasteiger partial charge < -0.3 is 5.32 Å². The van der Waals surface area contributed by atoms with Gasteiger partial charge in [-0.3, -0.25) is 0 Å². The Morgan fingerprint density at radius 2 is 2.23 bits per heavy atom. The molecule has 0 fully saturated rings. The summed E-state index contributed by atoms with van der Waals surface area (Å²) in [5.74, 6) is 2.50. The summed E-state index contributed by atoms with van der Waals surface area (Å²) in [5, 5.41) is 10.7. The van der Waals surface area contributed by atoms with Crippen LogP contribution in [0.15, 0.2) is 6.07 Å². The lowest BCUT2D eigenvalue weighted by Crippen LogP contribution is -2.12. The molecular formula is C8H7Cl2N3. The summed E-state index contributed by atoms with van der Waals surface area (Å²) in [4.78, 5) is 0. The second kappa shape index (κ2) is 4.31. The molecule has 1 rings (SSSR count). The van der Waals surface area contributed by atoms with Gasteiger partial charge in [0, 0.05) is 6.07 Å². The molecule has 0 amide bonds. The summed E-state index contributed by atoms with van der Waals surface area (Å²) in [6, 6.07) is 1.45. The van der Waals surface area contributed by atoms with Crippen molar-refractivity contribution in [3.8, 4) is 12.3 Å². The van der Waals surface area contributed by atoms with Crippen molar-refractivity contribution in [3.05, 3.63) is 16.4 Å². The molecule has 68 valence electrons. The summed E-state index contributed by atoms with van der Waals surface area (Å²) in [6.45, 7) is 1.82. The van der Waals surface area contributed by atoms with Crippen molar-refractivity contribution in [1.29, 1.82) is 0 Å². The van der Waals surface area contributed by atoms with Crippen molar-refractivity contribution in [2.24, 2.45) is 0 Å². The van der Waals surface area contributed by atoms with Crippen molar-refractivity contribution in [1.82, 2.24) is 10.2 Å². The molecule has 0 aliphatic rings. The smallest absolute Gasteiger partial charge is 0.174 e. The van der Waals surface area contributed by atoms with Crippen molar-refractivity contribution in [3.63, 3.8) is 0 Å². The number of terminal acetylenes is 1. The van der Waals surface area contributed by atoms with E-state index in [1.165, 1.54) is 0 Å². The minimum Gasteiger partial charge on any atom is -0.369 e. The second-order valence-corrected chi connectivity index (χ2v) is 3.15. The molecule has 3 nitrogen and oxygen atoms in total. The Morgan fingerprint density at radius 1 is 1.54 bits per heavy atom. The Balaban J connectivity index is 2.88. The fourth-order valence-corrected chi connectivity index (χ4v) is 1.02. The van der Waals surface area contributed by atoms with Crippen LogP contribution in [0.3, 0.4) is 0 Å². The quantitative estimate of drug-likeness (QED) is 0.770. The molecule has 0 spiro atoms. The highest BCUT2D eigenvalue weighted by molar-refractivity contribution is 6.33. The predicted molar refractivity (Wildman–Crippen MR) is 54.0 cm³/mol. The third-order valence-electron chi connectivity index (χ3n) is 1.34. The molecule has 0 saturated heterocycles. The number of halogens is 2. The third-order valence-corrected chi connectivity index (χ3v) is 1.80. The van der Waals surface area contributed by atoms with E-state index in [-0.39, 0.29) is 16.3 Å². The van der Waals surface area contributed by atoms with Crippen molar-refractivity contribution in [2.45, 2.75) is 13.0 Å². The lowest BCUT2D eigenvalue weighted by Gasteiger charge is -2.09. The van der Waals surface area contributed by atoms with Gasteiger partial charge >= 0.3 is 0 Å². The van der Waals surface area contributed by atoms with E-state index in [0.29, 0.717) is 5.69 Å². The number of aromatic nitrogens is 2. The molecule has 1 N–H and O–H groups in total. The Bertz CT molecular complexity index is 346. The highest BCUT2D eigenvalue weighted by Crippen LogP contribution is 2.21. The van der Waals surface area contributed by atoms with Gasteiger partial charge in [-0.05, 0) is 6.92 Å². The van der Waals surface area contributed by atoms with E-state index in [0.717, 1.165) is 0 Å². The van der Waals surface area contributed by atoms with Crippen molar-refractivity contribution >= 4 is 28.9 Å². The molecule has 0 saturated carbocycles. The maximum absolute atomic E-state index is 5.73. The van der Waals surface area contributed by atoms with Crippen LogP contribution in [-0.2, 0) is 0 Å². The minimum atomic E-state index is -0.127. The number of hydrogen-bond donors (Lipinski definition) is 1. The van der Waals surface area contributed by atoms with Gasteiger partial charge in [0.2, 0.25) is 0 Å². The Kier molecular flexibility index (Phi) is 3.35. The van der Waals surface area contributed by atoms with Gasteiger partial charge in [0.25, 0.3) is 0 Å². The van der Waals surface area contributed by atoms with E-state index >= 15 is 0 Å². The minimum absolute atomic E-state index is 0.127. The zero-order valence-electron chi connectivity index (χ0n) is 6.88. The monoisotopic (exact) mass is 215 g/mol. The summed E-state index contributed by atoms with van der Waals surface area (Å²) < 4.78 is 0. The maximum Gasteiger partial charge on any atom is 0.174 e. The summed E-state index contributed by atoms with van der Waals surface area (Å²) >= 11 is 11.4. The molecular weight excluding hydrogens is 209 g/mol. The van der Waals surface area contributed by atoms with Gasteiger partial charge in [-0.2, -0.15) is 0 Å². The molecule has 0 aliphatic carbocycles. The standard InChI is InChI=1S/C8H7Cl2N3/c1-3-5(2)11-6-4-7(9)12-13-8(6)10/h1,4-5H,2H3,(H,11,12). The molecule has 0 aliphatic heterocycles.